The highest BCUT2D eigenvalue weighted by atomic mass is 32.1. The molecule has 2 heterocycles. The van der Waals surface area contributed by atoms with Gasteiger partial charge in [0.05, 0.1) is 11.2 Å². The fraction of sp³-hybridized carbons (Fsp3) is 0.235. The van der Waals surface area contributed by atoms with Gasteiger partial charge in [-0.3, -0.25) is 0 Å². The summed E-state index contributed by atoms with van der Waals surface area (Å²) in [7, 11) is 0. The SMILES string of the molecule is FC(F)(F)COc1cccc(-c2cnc(NCCc3cscn3)nc2)c1. The van der Waals surface area contributed by atoms with Gasteiger partial charge in [-0.25, -0.2) is 15.0 Å². The summed E-state index contributed by atoms with van der Waals surface area (Å²) >= 11 is 1.55. The molecule has 0 aliphatic heterocycles. The van der Waals surface area contributed by atoms with E-state index in [0.717, 1.165) is 12.1 Å². The van der Waals surface area contributed by atoms with Crippen molar-refractivity contribution < 1.29 is 17.9 Å². The highest BCUT2D eigenvalue weighted by molar-refractivity contribution is 7.07. The number of thiazole rings is 1. The molecule has 0 atom stereocenters. The van der Waals surface area contributed by atoms with Crippen molar-refractivity contribution in [3.8, 4) is 16.9 Å². The Morgan fingerprint density at radius 2 is 1.88 bits per heavy atom. The molecule has 0 unspecified atom stereocenters. The molecule has 0 saturated heterocycles. The summed E-state index contributed by atoms with van der Waals surface area (Å²) in [5.41, 5.74) is 4.16. The summed E-state index contributed by atoms with van der Waals surface area (Å²) in [4.78, 5) is 12.7. The second kappa shape index (κ2) is 8.13. The Balaban J connectivity index is 1.59. The number of benzene rings is 1. The molecule has 3 rings (SSSR count). The number of alkyl halides is 3. The van der Waals surface area contributed by atoms with Crippen LogP contribution >= 0.6 is 11.3 Å². The van der Waals surface area contributed by atoms with Crippen LogP contribution in [0.2, 0.25) is 0 Å². The first kappa shape index (κ1) is 18.1. The van der Waals surface area contributed by atoms with E-state index in [1.54, 1.807) is 41.4 Å². The largest absolute Gasteiger partial charge is 0.484 e. The molecule has 0 saturated carbocycles. The zero-order chi connectivity index (χ0) is 18.4. The highest BCUT2D eigenvalue weighted by Crippen LogP contribution is 2.25. The molecule has 0 spiro atoms. The molecule has 0 aliphatic rings. The first-order valence-corrected chi connectivity index (χ1v) is 8.67. The van der Waals surface area contributed by atoms with E-state index < -0.39 is 12.8 Å². The van der Waals surface area contributed by atoms with Crippen LogP contribution in [-0.2, 0) is 6.42 Å². The standard InChI is InChI=1S/C17H15F3N4OS/c18-17(19,20)10-25-15-3-1-2-12(6-15)13-7-22-16(23-8-13)21-5-4-14-9-26-11-24-14/h1-3,6-9,11H,4-5,10H2,(H,21,22,23). The fourth-order valence-electron chi connectivity index (χ4n) is 2.16. The van der Waals surface area contributed by atoms with Crippen LogP contribution in [0.5, 0.6) is 5.75 Å². The van der Waals surface area contributed by atoms with Crippen LogP contribution in [0.4, 0.5) is 19.1 Å². The Labute approximate surface area is 151 Å². The molecule has 0 amide bonds. The first-order valence-electron chi connectivity index (χ1n) is 7.72. The minimum atomic E-state index is -4.37. The topological polar surface area (TPSA) is 59.9 Å². The predicted octanol–water partition coefficient (Wildman–Crippen LogP) is 4.20. The van der Waals surface area contributed by atoms with E-state index in [-0.39, 0.29) is 5.75 Å². The lowest BCUT2D eigenvalue weighted by molar-refractivity contribution is -0.153. The number of aromatic nitrogens is 3. The summed E-state index contributed by atoms with van der Waals surface area (Å²) < 4.78 is 41.5. The van der Waals surface area contributed by atoms with E-state index in [4.69, 9.17) is 4.74 Å². The number of nitrogens with one attached hydrogen (secondary N) is 1. The summed E-state index contributed by atoms with van der Waals surface area (Å²) in [5.74, 6) is 0.624. The van der Waals surface area contributed by atoms with Gasteiger partial charge in [0.2, 0.25) is 5.95 Å². The number of halogens is 3. The van der Waals surface area contributed by atoms with Crippen LogP contribution in [0.25, 0.3) is 11.1 Å². The first-order chi connectivity index (χ1) is 12.5. The van der Waals surface area contributed by atoms with Crippen LogP contribution < -0.4 is 10.1 Å². The second-order valence-corrected chi connectivity index (χ2v) is 6.10. The van der Waals surface area contributed by atoms with Crippen LogP contribution in [0.15, 0.2) is 47.5 Å². The molecule has 1 N–H and O–H groups in total. The van der Waals surface area contributed by atoms with E-state index >= 15 is 0 Å². The summed E-state index contributed by atoms with van der Waals surface area (Å²) in [6.07, 6.45) is -0.375. The molecular weight excluding hydrogens is 365 g/mol. The Morgan fingerprint density at radius 1 is 1.08 bits per heavy atom. The average molecular weight is 380 g/mol. The Bertz CT molecular complexity index is 823. The molecule has 3 aromatic rings. The van der Waals surface area contributed by atoms with Gasteiger partial charge in [-0.1, -0.05) is 12.1 Å². The van der Waals surface area contributed by atoms with Gasteiger partial charge in [0.15, 0.2) is 6.61 Å². The third-order valence-corrected chi connectivity index (χ3v) is 4.00. The van der Waals surface area contributed by atoms with Crippen molar-refractivity contribution in [3.05, 3.63) is 53.2 Å². The van der Waals surface area contributed by atoms with Crippen molar-refractivity contribution in [1.29, 1.82) is 0 Å². The number of hydrogen-bond acceptors (Lipinski definition) is 6. The lowest BCUT2D eigenvalue weighted by atomic mass is 10.1. The van der Waals surface area contributed by atoms with Crippen molar-refractivity contribution in [2.45, 2.75) is 12.6 Å². The Morgan fingerprint density at radius 3 is 2.58 bits per heavy atom. The van der Waals surface area contributed by atoms with Crippen molar-refractivity contribution in [3.63, 3.8) is 0 Å². The van der Waals surface area contributed by atoms with Crippen LogP contribution in [0, 0.1) is 0 Å². The molecule has 5 nitrogen and oxygen atoms in total. The summed E-state index contributed by atoms with van der Waals surface area (Å²) in [5, 5.41) is 5.09. The van der Waals surface area contributed by atoms with E-state index in [2.05, 4.69) is 20.3 Å². The maximum atomic E-state index is 12.2. The number of anilines is 1. The molecule has 9 heteroatoms. The minimum Gasteiger partial charge on any atom is -0.484 e. The Kier molecular flexibility index (Phi) is 5.67. The third kappa shape index (κ3) is 5.41. The van der Waals surface area contributed by atoms with Crippen LogP contribution in [0.1, 0.15) is 5.69 Å². The maximum Gasteiger partial charge on any atom is 0.422 e. The number of hydrogen-bond donors (Lipinski definition) is 1. The van der Waals surface area contributed by atoms with E-state index in [1.165, 1.54) is 12.1 Å². The summed E-state index contributed by atoms with van der Waals surface area (Å²) in [6, 6.07) is 6.39. The smallest absolute Gasteiger partial charge is 0.422 e. The number of nitrogens with zero attached hydrogens (tertiary/aromatic N) is 3. The highest BCUT2D eigenvalue weighted by Gasteiger charge is 2.28. The average Bonchev–Trinajstić information content (AvgIpc) is 3.14. The van der Waals surface area contributed by atoms with E-state index in [9.17, 15) is 13.2 Å². The lowest BCUT2D eigenvalue weighted by Crippen LogP contribution is -2.19. The van der Waals surface area contributed by atoms with Gasteiger partial charge in [-0.05, 0) is 17.7 Å². The van der Waals surface area contributed by atoms with Crippen LogP contribution in [0.3, 0.4) is 0 Å². The molecule has 136 valence electrons. The maximum absolute atomic E-state index is 12.2. The zero-order valence-electron chi connectivity index (χ0n) is 13.5. The zero-order valence-corrected chi connectivity index (χ0v) is 14.3. The van der Waals surface area contributed by atoms with E-state index in [0.29, 0.717) is 23.6 Å². The fourth-order valence-corrected chi connectivity index (χ4v) is 2.76. The molecular formula is C17H15F3N4OS. The molecule has 1 aromatic carbocycles. The van der Waals surface area contributed by atoms with Gasteiger partial charge < -0.3 is 10.1 Å². The normalized spacial score (nSPS) is 11.3. The summed E-state index contributed by atoms with van der Waals surface area (Å²) in [6.45, 7) is -0.668. The molecule has 0 radical (unpaired) electrons. The lowest BCUT2D eigenvalue weighted by Gasteiger charge is -2.10. The molecule has 0 aliphatic carbocycles. The van der Waals surface area contributed by atoms with Crippen molar-refractivity contribution >= 4 is 17.3 Å². The van der Waals surface area contributed by atoms with Gasteiger partial charge in [0, 0.05) is 36.3 Å². The second-order valence-electron chi connectivity index (χ2n) is 5.38. The molecule has 0 fully saturated rings. The van der Waals surface area contributed by atoms with Crippen molar-refractivity contribution in [2.75, 3.05) is 18.5 Å². The van der Waals surface area contributed by atoms with Gasteiger partial charge in [-0.2, -0.15) is 13.2 Å². The molecule has 2 aromatic heterocycles. The predicted molar refractivity (Wildman–Crippen MR) is 93.3 cm³/mol. The minimum absolute atomic E-state index is 0.144. The quantitative estimate of drug-likeness (QED) is 0.666. The molecule has 26 heavy (non-hydrogen) atoms. The van der Waals surface area contributed by atoms with E-state index in [1.807, 2.05) is 5.38 Å². The third-order valence-electron chi connectivity index (χ3n) is 3.37. The molecule has 0 bridgehead atoms. The van der Waals surface area contributed by atoms with Crippen molar-refractivity contribution in [2.24, 2.45) is 0 Å². The number of rotatable bonds is 7. The monoisotopic (exact) mass is 380 g/mol. The van der Waals surface area contributed by atoms with Gasteiger partial charge >= 0.3 is 6.18 Å². The van der Waals surface area contributed by atoms with Gasteiger partial charge in [0.25, 0.3) is 0 Å². The van der Waals surface area contributed by atoms with Gasteiger partial charge in [0.1, 0.15) is 5.75 Å². The van der Waals surface area contributed by atoms with Crippen molar-refractivity contribution in [1.82, 2.24) is 15.0 Å². The Hall–Kier alpha value is -2.68. The van der Waals surface area contributed by atoms with Gasteiger partial charge in [-0.15, -0.1) is 11.3 Å². The van der Waals surface area contributed by atoms with Crippen LogP contribution in [-0.4, -0.2) is 34.3 Å². The number of ether oxygens (including phenoxy) is 1.